The highest BCUT2D eigenvalue weighted by atomic mass is 16.5. The normalized spacial score (nSPS) is 30.8. The lowest BCUT2D eigenvalue weighted by molar-refractivity contribution is 0.167. The van der Waals surface area contributed by atoms with E-state index in [4.69, 9.17) is 4.74 Å². The number of hydrogen-bond donors (Lipinski definition) is 1. The first-order valence-electron chi connectivity index (χ1n) is 4.51. The average Bonchev–Trinajstić information content (AvgIpc) is 2.20. The highest BCUT2D eigenvalue weighted by molar-refractivity contribution is 5.27. The Hall–Kier alpha value is -1.02. The second-order valence-electron chi connectivity index (χ2n) is 3.19. The molecule has 0 aromatic rings. The van der Waals surface area contributed by atoms with Gasteiger partial charge in [0.15, 0.2) is 0 Å². The molecular weight excluding hydrogens is 164 g/mol. The lowest BCUT2D eigenvalue weighted by Crippen LogP contribution is -2.04. The van der Waals surface area contributed by atoms with Crippen molar-refractivity contribution in [2.75, 3.05) is 7.11 Å². The molecule has 13 heavy (non-hydrogen) atoms. The van der Waals surface area contributed by atoms with Gasteiger partial charge in [-0.25, -0.2) is 0 Å². The summed E-state index contributed by atoms with van der Waals surface area (Å²) in [6.45, 7) is 3.91. The van der Waals surface area contributed by atoms with Crippen molar-refractivity contribution in [1.29, 1.82) is 0 Å². The summed E-state index contributed by atoms with van der Waals surface area (Å²) in [4.78, 5) is 0. The van der Waals surface area contributed by atoms with E-state index in [-0.39, 0.29) is 6.10 Å². The Morgan fingerprint density at radius 3 is 3.08 bits per heavy atom. The average molecular weight is 180 g/mol. The van der Waals surface area contributed by atoms with Crippen LogP contribution in [-0.2, 0) is 4.74 Å². The lowest BCUT2D eigenvalue weighted by Gasteiger charge is -2.10. The van der Waals surface area contributed by atoms with Gasteiger partial charge < -0.3 is 9.84 Å². The van der Waals surface area contributed by atoms with Crippen LogP contribution in [-0.4, -0.2) is 18.3 Å². The van der Waals surface area contributed by atoms with Crippen molar-refractivity contribution in [2.45, 2.75) is 25.4 Å². The van der Waals surface area contributed by atoms with E-state index in [1.165, 1.54) is 0 Å². The Morgan fingerprint density at radius 1 is 1.62 bits per heavy atom. The lowest BCUT2D eigenvalue weighted by atomic mass is 10.1. The van der Waals surface area contributed by atoms with Crippen molar-refractivity contribution in [3.63, 3.8) is 0 Å². The molecule has 72 valence electrons. The van der Waals surface area contributed by atoms with Gasteiger partial charge in [0.25, 0.3) is 0 Å². The minimum absolute atomic E-state index is 0.252. The molecule has 0 aliphatic heterocycles. The smallest absolute Gasteiger partial charge is 0.121 e. The molecule has 1 atom stereocenters. The molecule has 0 aromatic heterocycles. The molecule has 0 spiro atoms. The first-order valence-corrected chi connectivity index (χ1v) is 4.51. The van der Waals surface area contributed by atoms with E-state index >= 15 is 0 Å². The van der Waals surface area contributed by atoms with Crippen molar-refractivity contribution in [3.8, 4) is 0 Å². The Labute approximate surface area is 79.2 Å². The molecule has 1 N–H and O–H groups in total. The zero-order valence-corrected chi connectivity index (χ0v) is 7.99. The van der Waals surface area contributed by atoms with Gasteiger partial charge in [0, 0.05) is 0 Å². The van der Waals surface area contributed by atoms with Crippen LogP contribution in [0.1, 0.15) is 19.3 Å². The van der Waals surface area contributed by atoms with Crippen LogP contribution in [0.15, 0.2) is 36.1 Å². The van der Waals surface area contributed by atoms with Gasteiger partial charge in [0.2, 0.25) is 0 Å². The molecular formula is C11H16O2. The summed E-state index contributed by atoms with van der Waals surface area (Å²) in [5.74, 6) is 0.811. The van der Waals surface area contributed by atoms with E-state index in [9.17, 15) is 5.11 Å². The van der Waals surface area contributed by atoms with Crippen molar-refractivity contribution in [1.82, 2.24) is 0 Å². The van der Waals surface area contributed by atoms with Gasteiger partial charge in [-0.05, 0) is 30.9 Å². The Morgan fingerprint density at radius 2 is 2.38 bits per heavy atom. The minimum atomic E-state index is -0.252. The molecule has 0 heterocycles. The van der Waals surface area contributed by atoms with Crippen LogP contribution in [0.2, 0.25) is 0 Å². The summed E-state index contributed by atoms with van der Waals surface area (Å²) < 4.78 is 5.16. The number of aliphatic hydroxyl groups is 1. The maximum absolute atomic E-state index is 9.46. The van der Waals surface area contributed by atoms with Crippen molar-refractivity contribution < 1.29 is 9.84 Å². The van der Waals surface area contributed by atoms with Crippen LogP contribution >= 0.6 is 0 Å². The Balaban J connectivity index is 2.71. The van der Waals surface area contributed by atoms with Crippen molar-refractivity contribution >= 4 is 0 Å². The third-order valence-corrected chi connectivity index (χ3v) is 2.14. The fourth-order valence-electron chi connectivity index (χ4n) is 1.30. The number of allylic oxidation sites excluding steroid dienone is 3. The standard InChI is InChI=1S/C11H16O2/c1-9-7-8-10(12)5-3-4-6-11(9)13-2/h3-4,6,10,12H,1,5,7-8H2,2H3/b4-3-,11-6+. The second-order valence-corrected chi connectivity index (χ2v) is 3.19. The van der Waals surface area contributed by atoms with Gasteiger partial charge in [-0.2, -0.15) is 0 Å². The molecule has 0 saturated carbocycles. The van der Waals surface area contributed by atoms with Crippen LogP contribution in [0.5, 0.6) is 0 Å². The number of methoxy groups -OCH3 is 1. The van der Waals surface area contributed by atoms with Gasteiger partial charge >= 0.3 is 0 Å². The van der Waals surface area contributed by atoms with E-state index in [1.807, 2.05) is 18.2 Å². The van der Waals surface area contributed by atoms with E-state index in [0.717, 1.165) is 24.2 Å². The van der Waals surface area contributed by atoms with Crippen molar-refractivity contribution in [3.05, 3.63) is 36.1 Å². The first kappa shape index (κ1) is 10.1. The van der Waals surface area contributed by atoms with Crippen LogP contribution in [0, 0.1) is 0 Å². The van der Waals surface area contributed by atoms with Crippen LogP contribution in [0.4, 0.5) is 0 Å². The molecule has 0 saturated heterocycles. The zero-order valence-electron chi connectivity index (χ0n) is 7.99. The fourth-order valence-corrected chi connectivity index (χ4v) is 1.30. The van der Waals surface area contributed by atoms with E-state index in [0.29, 0.717) is 6.42 Å². The highest BCUT2D eigenvalue weighted by Crippen LogP contribution is 2.18. The molecule has 2 nitrogen and oxygen atoms in total. The third kappa shape index (κ3) is 3.07. The molecule has 1 aliphatic carbocycles. The molecule has 0 amide bonds. The second kappa shape index (κ2) is 4.87. The monoisotopic (exact) mass is 180 g/mol. The molecule has 1 rings (SSSR count). The summed E-state index contributed by atoms with van der Waals surface area (Å²) in [7, 11) is 1.64. The molecule has 0 radical (unpaired) electrons. The summed E-state index contributed by atoms with van der Waals surface area (Å²) in [5, 5.41) is 9.46. The van der Waals surface area contributed by atoms with Gasteiger partial charge in [0.1, 0.15) is 5.76 Å². The molecule has 2 heteroatoms. The van der Waals surface area contributed by atoms with E-state index in [2.05, 4.69) is 6.58 Å². The summed E-state index contributed by atoms with van der Waals surface area (Å²) in [5.41, 5.74) is 0.952. The van der Waals surface area contributed by atoms with Gasteiger partial charge in [0.05, 0.1) is 13.2 Å². The highest BCUT2D eigenvalue weighted by Gasteiger charge is 2.08. The van der Waals surface area contributed by atoms with Gasteiger partial charge in [-0.3, -0.25) is 0 Å². The van der Waals surface area contributed by atoms with Crippen LogP contribution in [0.25, 0.3) is 0 Å². The molecule has 0 aromatic carbocycles. The minimum Gasteiger partial charge on any atom is -0.497 e. The SMILES string of the molecule is C=C1CCC(O)C/C=C\C=C/1OC. The number of hydrogen-bond acceptors (Lipinski definition) is 2. The van der Waals surface area contributed by atoms with E-state index < -0.39 is 0 Å². The Kier molecular flexibility index (Phi) is 3.77. The van der Waals surface area contributed by atoms with Crippen LogP contribution in [0.3, 0.4) is 0 Å². The summed E-state index contributed by atoms with van der Waals surface area (Å²) in [6, 6.07) is 0. The Bertz CT molecular complexity index is 238. The molecule has 0 bridgehead atoms. The largest absolute Gasteiger partial charge is 0.497 e. The maximum Gasteiger partial charge on any atom is 0.121 e. The van der Waals surface area contributed by atoms with Gasteiger partial charge in [-0.1, -0.05) is 18.7 Å². The quantitative estimate of drug-likeness (QED) is 0.670. The predicted octanol–water partition coefficient (Wildman–Crippen LogP) is 2.17. The summed E-state index contributed by atoms with van der Waals surface area (Å²) in [6.07, 6.45) is 7.74. The fraction of sp³-hybridized carbons (Fsp3) is 0.455. The topological polar surface area (TPSA) is 29.5 Å². The molecule has 1 aliphatic rings. The summed E-state index contributed by atoms with van der Waals surface area (Å²) >= 11 is 0. The maximum atomic E-state index is 9.46. The van der Waals surface area contributed by atoms with Gasteiger partial charge in [-0.15, -0.1) is 0 Å². The predicted molar refractivity (Wildman–Crippen MR) is 53.2 cm³/mol. The number of ether oxygens (including phenoxy) is 1. The van der Waals surface area contributed by atoms with Crippen LogP contribution < -0.4 is 0 Å². The molecule has 1 unspecified atom stereocenters. The number of aliphatic hydroxyl groups excluding tert-OH is 1. The van der Waals surface area contributed by atoms with Crippen molar-refractivity contribution in [2.24, 2.45) is 0 Å². The zero-order chi connectivity index (χ0) is 9.68. The van der Waals surface area contributed by atoms with E-state index in [1.54, 1.807) is 7.11 Å². The number of rotatable bonds is 1. The molecule has 0 fully saturated rings. The third-order valence-electron chi connectivity index (χ3n) is 2.14. The first-order chi connectivity index (χ1) is 6.24.